The number of carboxylic acids is 1. The minimum atomic E-state index is -1.03. The molecule has 0 rings (SSSR count). The summed E-state index contributed by atoms with van der Waals surface area (Å²) in [5.41, 5.74) is 0. The summed E-state index contributed by atoms with van der Waals surface area (Å²) in [5, 5.41) is 11.3. The van der Waals surface area contributed by atoms with Crippen molar-refractivity contribution in [2.75, 3.05) is 6.61 Å². The first-order valence-corrected chi connectivity index (χ1v) is 8.15. The summed E-state index contributed by atoms with van der Waals surface area (Å²) in [7, 11) is 0. The van der Waals surface area contributed by atoms with Crippen LogP contribution in [0.5, 0.6) is 0 Å². The van der Waals surface area contributed by atoms with Crippen molar-refractivity contribution in [2.24, 2.45) is 5.92 Å². The first kappa shape index (κ1) is 19.7. The van der Waals surface area contributed by atoms with E-state index in [1.807, 2.05) is 0 Å². The normalized spacial score (nSPS) is 12.2. The summed E-state index contributed by atoms with van der Waals surface area (Å²) < 4.78 is 5.00. The number of hydrogen-bond donors (Lipinski definition) is 2. The molecule has 0 spiro atoms. The van der Waals surface area contributed by atoms with E-state index in [2.05, 4.69) is 12.2 Å². The second-order valence-electron chi connectivity index (χ2n) is 5.82. The van der Waals surface area contributed by atoms with E-state index in [1.54, 1.807) is 13.8 Å². The standard InChI is InChI=1S/C16H31NO4/c1-4-5-6-7-8-9-10-11-12-21-16(20)17-14(13(2)3)15(18)19/h13-14H,4-12H2,1-3H3,(H,17,20)(H,18,19). The van der Waals surface area contributed by atoms with Gasteiger partial charge in [-0.25, -0.2) is 9.59 Å². The Morgan fingerprint density at radius 1 is 1.00 bits per heavy atom. The molecule has 0 aliphatic carbocycles. The third-order valence-electron chi connectivity index (χ3n) is 3.44. The van der Waals surface area contributed by atoms with Crippen molar-refractivity contribution in [1.29, 1.82) is 0 Å². The van der Waals surface area contributed by atoms with Crippen LogP contribution in [0.3, 0.4) is 0 Å². The number of carboxylic acid groups (broad SMARTS) is 1. The second kappa shape index (κ2) is 12.5. The number of alkyl carbamates (subject to hydrolysis) is 1. The number of carbonyl (C=O) groups excluding carboxylic acids is 1. The van der Waals surface area contributed by atoms with Crippen molar-refractivity contribution in [3.63, 3.8) is 0 Å². The predicted octanol–water partition coefficient (Wildman–Crippen LogP) is 3.96. The number of rotatable bonds is 12. The molecular formula is C16H31NO4. The Balaban J connectivity index is 3.55. The van der Waals surface area contributed by atoms with E-state index >= 15 is 0 Å². The molecule has 0 aromatic heterocycles. The highest BCUT2D eigenvalue weighted by Crippen LogP contribution is 2.08. The fourth-order valence-electron chi connectivity index (χ4n) is 2.08. The number of hydrogen-bond acceptors (Lipinski definition) is 3. The molecule has 124 valence electrons. The van der Waals surface area contributed by atoms with E-state index in [9.17, 15) is 9.59 Å². The molecule has 1 unspecified atom stereocenters. The molecule has 0 fully saturated rings. The Hall–Kier alpha value is -1.26. The third kappa shape index (κ3) is 11.1. The fourth-order valence-corrected chi connectivity index (χ4v) is 2.08. The average molecular weight is 301 g/mol. The maximum Gasteiger partial charge on any atom is 0.407 e. The molecule has 0 heterocycles. The van der Waals surface area contributed by atoms with Crippen LogP contribution in [0.25, 0.3) is 0 Å². The summed E-state index contributed by atoms with van der Waals surface area (Å²) in [5.74, 6) is -1.20. The smallest absolute Gasteiger partial charge is 0.407 e. The summed E-state index contributed by atoms with van der Waals surface area (Å²) in [6, 6.07) is -0.893. The Kier molecular flexibility index (Phi) is 11.7. The zero-order chi connectivity index (χ0) is 16.1. The van der Waals surface area contributed by atoms with Crippen LogP contribution >= 0.6 is 0 Å². The van der Waals surface area contributed by atoms with Crippen molar-refractivity contribution in [2.45, 2.75) is 78.2 Å². The molecule has 0 saturated carbocycles. The highest BCUT2D eigenvalue weighted by Gasteiger charge is 2.23. The van der Waals surface area contributed by atoms with Gasteiger partial charge in [0, 0.05) is 0 Å². The first-order valence-electron chi connectivity index (χ1n) is 8.15. The van der Waals surface area contributed by atoms with Gasteiger partial charge in [-0.1, -0.05) is 65.7 Å². The Bertz CT molecular complexity index is 292. The molecule has 2 N–H and O–H groups in total. The second-order valence-corrected chi connectivity index (χ2v) is 5.82. The molecule has 0 saturated heterocycles. The largest absolute Gasteiger partial charge is 0.480 e. The quantitative estimate of drug-likeness (QED) is 0.535. The van der Waals surface area contributed by atoms with Gasteiger partial charge in [-0.3, -0.25) is 0 Å². The number of nitrogens with one attached hydrogen (secondary N) is 1. The topological polar surface area (TPSA) is 75.6 Å². The minimum absolute atomic E-state index is 0.168. The van der Waals surface area contributed by atoms with Crippen LogP contribution in [-0.4, -0.2) is 29.8 Å². The summed E-state index contributed by atoms with van der Waals surface area (Å²) >= 11 is 0. The minimum Gasteiger partial charge on any atom is -0.480 e. The van der Waals surface area contributed by atoms with E-state index in [0.717, 1.165) is 12.8 Å². The van der Waals surface area contributed by atoms with Crippen molar-refractivity contribution in [3.05, 3.63) is 0 Å². The van der Waals surface area contributed by atoms with E-state index < -0.39 is 18.1 Å². The Morgan fingerprint density at radius 2 is 1.52 bits per heavy atom. The number of unbranched alkanes of at least 4 members (excludes halogenated alkanes) is 7. The van der Waals surface area contributed by atoms with Gasteiger partial charge in [-0.15, -0.1) is 0 Å². The Labute approximate surface area is 128 Å². The van der Waals surface area contributed by atoms with E-state index in [-0.39, 0.29) is 5.92 Å². The molecule has 0 aliphatic rings. The lowest BCUT2D eigenvalue weighted by atomic mass is 10.1. The molecular weight excluding hydrogens is 270 g/mol. The average Bonchev–Trinajstić information content (AvgIpc) is 2.42. The van der Waals surface area contributed by atoms with E-state index in [0.29, 0.717) is 6.61 Å². The number of aliphatic carboxylic acids is 1. The fraction of sp³-hybridized carbons (Fsp3) is 0.875. The molecule has 0 aromatic rings. The number of carbonyl (C=O) groups is 2. The van der Waals surface area contributed by atoms with Gasteiger partial charge >= 0.3 is 12.1 Å². The molecule has 1 atom stereocenters. The lowest BCUT2D eigenvalue weighted by Gasteiger charge is -2.17. The highest BCUT2D eigenvalue weighted by molar-refractivity contribution is 5.80. The van der Waals surface area contributed by atoms with E-state index in [4.69, 9.17) is 9.84 Å². The van der Waals surface area contributed by atoms with Gasteiger partial charge in [-0.05, 0) is 12.3 Å². The maximum absolute atomic E-state index is 11.5. The number of ether oxygens (including phenoxy) is 1. The number of amides is 1. The summed E-state index contributed by atoms with van der Waals surface area (Å²) in [6.45, 7) is 6.05. The first-order chi connectivity index (χ1) is 9.99. The van der Waals surface area contributed by atoms with Gasteiger partial charge in [0.2, 0.25) is 0 Å². The van der Waals surface area contributed by atoms with Crippen LogP contribution in [0, 0.1) is 5.92 Å². The third-order valence-corrected chi connectivity index (χ3v) is 3.44. The van der Waals surface area contributed by atoms with Crippen LogP contribution in [0.1, 0.15) is 72.1 Å². The summed E-state index contributed by atoms with van der Waals surface area (Å²) in [4.78, 5) is 22.4. The van der Waals surface area contributed by atoms with Crippen molar-refractivity contribution < 1.29 is 19.4 Å². The van der Waals surface area contributed by atoms with Gasteiger partial charge < -0.3 is 15.2 Å². The lowest BCUT2D eigenvalue weighted by molar-refractivity contribution is -0.140. The van der Waals surface area contributed by atoms with Gasteiger partial charge in [0.1, 0.15) is 6.04 Å². The SMILES string of the molecule is CCCCCCCCCCOC(=O)NC(C(=O)O)C(C)C. The monoisotopic (exact) mass is 301 g/mol. The molecule has 21 heavy (non-hydrogen) atoms. The molecule has 1 amide bonds. The van der Waals surface area contributed by atoms with Crippen LogP contribution in [0.4, 0.5) is 4.79 Å². The highest BCUT2D eigenvalue weighted by atomic mass is 16.5. The molecule has 5 heteroatoms. The molecule has 0 aromatic carbocycles. The molecule has 5 nitrogen and oxygen atoms in total. The van der Waals surface area contributed by atoms with Gasteiger partial charge in [-0.2, -0.15) is 0 Å². The Morgan fingerprint density at radius 3 is 2.00 bits per heavy atom. The van der Waals surface area contributed by atoms with Crippen molar-refractivity contribution in [3.8, 4) is 0 Å². The van der Waals surface area contributed by atoms with Crippen LogP contribution < -0.4 is 5.32 Å². The van der Waals surface area contributed by atoms with Crippen molar-refractivity contribution >= 4 is 12.1 Å². The zero-order valence-corrected chi connectivity index (χ0v) is 13.7. The van der Waals surface area contributed by atoms with Crippen molar-refractivity contribution in [1.82, 2.24) is 5.32 Å². The summed E-state index contributed by atoms with van der Waals surface area (Å²) in [6.07, 6.45) is 8.80. The predicted molar refractivity (Wildman–Crippen MR) is 83.4 cm³/mol. The maximum atomic E-state index is 11.5. The molecule has 0 aliphatic heterocycles. The molecule has 0 radical (unpaired) electrons. The van der Waals surface area contributed by atoms with Gasteiger partial charge in [0.15, 0.2) is 0 Å². The van der Waals surface area contributed by atoms with Gasteiger partial charge in [0.05, 0.1) is 6.61 Å². The zero-order valence-electron chi connectivity index (χ0n) is 13.7. The van der Waals surface area contributed by atoms with Gasteiger partial charge in [0.25, 0.3) is 0 Å². The van der Waals surface area contributed by atoms with E-state index in [1.165, 1.54) is 38.5 Å². The molecule has 0 bridgehead atoms. The van der Waals surface area contributed by atoms with Crippen LogP contribution in [-0.2, 0) is 9.53 Å². The van der Waals surface area contributed by atoms with Crippen LogP contribution in [0.15, 0.2) is 0 Å². The lowest BCUT2D eigenvalue weighted by Crippen LogP contribution is -2.44. The van der Waals surface area contributed by atoms with Crippen LogP contribution in [0.2, 0.25) is 0 Å².